The van der Waals surface area contributed by atoms with Crippen LogP contribution in [0.2, 0.25) is 0 Å². The molecule has 0 aliphatic carbocycles. The fraction of sp³-hybridized carbons (Fsp3) is 0.368. The van der Waals surface area contributed by atoms with Crippen LogP contribution in [0.1, 0.15) is 29.0 Å². The highest BCUT2D eigenvalue weighted by Crippen LogP contribution is 2.21. The van der Waals surface area contributed by atoms with Crippen LogP contribution in [0, 0.1) is 0 Å². The molecule has 2 heterocycles. The van der Waals surface area contributed by atoms with Crippen LogP contribution in [-0.2, 0) is 11.3 Å². The Morgan fingerprint density at radius 3 is 2.61 bits per heavy atom. The maximum Gasteiger partial charge on any atom is 0.422 e. The molecule has 0 spiro atoms. The summed E-state index contributed by atoms with van der Waals surface area (Å²) in [5.41, 5.74) is 0.703. The average Bonchev–Trinajstić information content (AvgIpc) is 3.36. The van der Waals surface area contributed by atoms with Crippen molar-refractivity contribution in [2.75, 3.05) is 13.2 Å². The van der Waals surface area contributed by atoms with Crippen LogP contribution in [0.5, 0.6) is 5.75 Å². The number of amides is 2. The van der Waals surface area contributed by atoms with Crippen LogP contribution < -0.4 is 10.1 Å². The Balaban J connectivity index is 1.52. The van der Waals surface area contributed by atoms with Gasteiger partial charge in [-0.05, 0) is 42.7 Å². The van der Waals surface area contributed by atoms with E-state index in [9.17, 15) is 22.8 Å². The minimum absolute atomic E-state index is 0.0958. The molecule has 2 amide bonds. The highest BCUT2D eigenvalue weighted by atomic mass is 19.4. The van der Waals surface area contributed by atoms with Gasteiger partial charge in [0, 0.05) is 13.1 Å². The van der Waals surface area contributed by atoms with Crippen LogP contribution in [-0.4, -0.2) is 42.1 Å². The van der Waals surface area contributed by atoms with Crippen LogP contribution in [0.3, 0.4) is 0 Å². The number of hydrogen-bond acceptors (Lipinski definition) is 4. The van der Waals surface area contributed by atoms with E-state index in [1.807, 2.05) is 0 Å². The quantitative estimate of drug-likeness (QED) is 0.814. The molecule has 1 aliphatic rings. The highest BCUT2D eigenvalue weighted by molar-refractivity contribution is 5.95. The van der Waals surface area contributed by atoms with E-state index in [-0.39, 0.29) is 29.9 Å². The largest absolute Gasteiger partial charge is 0.484 e. The second kappa shape index (κ2) is 8.37. The summed E-state index contributed by atoms with van der Waals surface area (Å²) in [5, 5.41) is 2.76. The van der Waals surface area contributed by atoms with E-state index in [0.29, 0.717) is 18.5 Å². The molecule has 0 radical (unpaired) electrons. The third-order valence-corrected chi connectivity index (χ3v) is 4.34. The van der Waals surface area contributed by atoms with E-state index in [2.05, 4.69) is 10.1 Å². The molecule has 1 N–H and O–H groups in total. The summed E-state index contributed by atoms with van der Waals surface area (Å²) >= 11 is 0. The van der Waals surface area contributed by atoms with Crippen LogP contribution in [0.4, 0.5) is 13.2 Å². The molecule has 1 fully saturated rings. The molecule has 1 unspecified atom stereocenters. The molecule has 150 valence electrons. The molecule has 28 heavy (non-hydrogen) atoms. The van der Waals surface area contributed by atoms with E-state index in [1.54, 1.807) is 24.3 Å². The second-order valence-electron chi connectivity index (χ2n) is 6.40. The van der Waals surface area contributed by atoms with E-state index in [1.165, 1.54) is 23.3 Å². The zero-order valence-electron chi connectivity index (χ0n) is 14.9. The van der Waals surface area contributed by atoms with Gasteiger partial charge in [0.2, 0.25) is 5.91 Å². The summed E-state index contributed by atoms with van der Waals surface area (Å²) in [6, 6.07) is 8.56. The minimum atomic E-state index is -4.40. The van der Waals surface area contributed by atoms with Gasteiger partial charge in [0.1, 0.15) is 11.8 Å². The fourth-order valence-corrected chi connectivity index (χ4v) is 3.00. The van der Waals surface area contributed by atoms with Gasteiger partial charge in [-0.3, -0.25) is 9.59 Å². The lowest BCUT2D eigenvalue weighted by atomic mass is 10.1. The van der Waals surface area contributed by atoms with Crippen molar-refractivity contribution >= 4 is 11.8 Å². The van der Waals surface area contributed by atoms with Gasteiger partial charge in [-0.15, -0.1) is 0 Å². The molecular formula is C19H19F3N2O4. The Bertz CT molecular complexity index is 804. The highest BCUT2D eigenvalue weighted by Gasteiger charge is 2.35. The van der Waals surface area contributed by atoms with Crippen molar-refractivity contribution in [1.82, 2.24) is 10.2 Å². The Morgan fingerprint density at radius 1 is 1.21 bits per heavy atom. The number of carbonyl (C=O) groups is 2. The number of rotatable bonds is 6. The first kappa shape index (κ1) is 19.8. The number of carbonyl (C=O) groups excluding carboxylic acids is 2. The maximum absolute atomic E-state index is 12.5. The summed E-state index contributed by atoms with van der Waals surface area (Å²) < 4.78 is 46.2. The van der Waals surface area contributed by atoms with E-state index in [0.717, 1.165) is 6.42 Å². The first-order chi connectivity index (χ1) is 13.3. The topological polar surface area (TPSA) is 71.8 Å². The molecule has 1 aromatic carbocycles. The summed E-state index contributed by atoms with van der Waals surface area (Å²) in [4.78, 5) is 26.4. The second-order valence-corrected chi connectivity index (χ2v) is 6.40. The van der Waals surface area contributed by atoms with Gasteiger partial charge in [-0.1, -0.05) is 12.1 Å². The summed E-state index contributed by atoms with van der Waals surface area (Å²) in [6.45, 7) is -0.690. The number of benzene rings is 1. The number of halogens is 3. The molecule has 1 saturated heterocycles. The molecule has 1 atom stereocenters. The molecule has 0 bridgehead atoms. The molecule has 9 heteroatoms. The number of ether oxygens (including phenoxy) is 1. The lowest BCUT2D eigenvalue weighted by Gasteiger charge is -2.23. The van der Waals surface area contributed by atoms with Crippen molar-refractivity contribution in [3.8, 4) is 5.75 Å². The lowest BCUT2D eigenvalue weighted by molar-refractivity contribution is -0.153. The zero-order chi connectivity index (χ0) is 20.1. The number of nitrogens with one attached hydrogen (secondary N) is 1. The number of likely N-dealkylation sites (tertiary alicyclic amines) is 1. The summed E-state index contributed by atoms with van der Waals surface area (Å²) in [5.74, 6) is -0.323. The fourth-order valence-electron chi connectivity index (χ4n) is 3.00. The molecule has 1 aromatic heterocycles. The summed E-state index contributed by atoms with van der Waals surface area (Å²) in [7, 11) is 0. The third kappa shape index (κ3) is 5.05. The van der Waals surface area contributed by atoms with Gasteiger partial charge in [-0.25, -0.2) is 0 Å². The SMILES string of the molecule is O=C(NCc1ccc(OCC(F)(F)F)cc1)C1CCCN1C(=O)c1ccco1. The van der Waals surface area contributed by atoms with Crippen molar-refractivity contribution < 1.29 is 31.9 Å². The van der Waals surface area contributed by atoms with Crippen LogP contribution in [0.25, 0.3) is 0 Å². The predicted molar refractivity (Wildman–Crippen MR) is 92.6 cm³/mol. The number of nitrogens with zero attached hydrogens (tertiary/aromatic N) is 1. The summed E-state index contributed by atoms with van der Waals surface area (Å²) in [6.07, 6.45) is -1.72. The number of hydrogen-bond donors (Lipinski definition) is 1. The molecule has 0 saturated carbocycles. The van der Waals surface area contributed by atoms with Crippen molar-refractivity contribution in [3.63, 3.8) is 0 Å². The van der Waals surface area contributed by atoms with E-state index >= 15 is 0 Å². The molecular weight excluding hydrogens is 377 g/mol. The minimum Gasteiger partial charge on any atom is -0.484 e. The van der Waals surface area contributed by atoms with Crippen molar-refractivity contribution in [2.24, 2.45) is 0 Å². The van der Waals surface area contributed by atoms with Gasteiger partial charge in [0.15, 0.2) is 12.4 Å². The molecule has 3 rings (SSSR count). The molecule has 6 nitrogen and oxygen atoms in total. The Morgan fingerprint density at radius 2 is 1.96 bits per heavy atom. The maximum atomic E-state index is 12.5. The standard InChI is InChI=1S/C19H19F3N2O4/c20-19(21,22)12-28-14-7-5-13(6-8-14)11-23-17(25)15-3-1-9-24(15)18(26)16-4-2-10-27-16/h2,4-8,10,15H,1,3,9,11-12H2,(H,23,25). The van der Waals surface area contributed by atoms with E-state index < -0.39 is 18.8 Å². The molecule has 2 aromatic rings. The third-order valence-electron chi connectivity index (χ3n) is 4.34. The normalized spacial score (nSPS) is 16.8. The van der Waals surface area contributed by atoms with Crippen molar-refractivity contribution in [1.29, 1.82) is 0 Å². The van der Waals surface area contributed by atoms with Gasteiger partial charge in [-0.2, -0.15) is 13.2 Å². The van der Waals surface area contributed by atoms with Crippen molar-refractivity contribution in [2.45, 2.75) is 31.6 Å². The van der Waals surface area contributed by atoms with Gasteiger partial charge >= 0.3 is 6.18 Å². The Hall–Kier alpha value is -2.97. The van der Waals surface area contributed by atoms with Crippen molar-refractivity contribution in [3.05, 3.63) is 54.0 Å². The van der Waals surface area contributed by atoms with E-state index in [4.69, 9.17) is 4.42 Å². The first-order valence-corrected chi connectivity index (χ1v) is 8.74. The number of alkyl halides is 3. The monoisotopic (exact) mass is 396 g/mol. The van der Waals surface area contributed by atoms with Crippen LogP contribution >= 0.6 is 0 Å². The molecule has 1 aliphatic heterocycles. The first-order valence-electron chi connectivity index (χ1n) is 8.74. The zero-order valence-corrected chi connectivity index (χ0v) is 14.9. The smallest absolute Gasteiger partial charge is 0.422 e. The lowest BCUT2D eigenvalue weighted by Crippen LogP contribution is -2.45. The van der Waals surface area contributed by atoms with Gasteiger partial charge in [0.25, 0.3) is 5.91 Å². The Labute approximate surface area is 159 Å². The predicted octanol–water partition coefficient (Wildman–Crippen LogP) is 3.14. The van der Waals surface area contributed by atoms with Crippen LogP contribution in [0.15, 0.2) is 47.1 Å². The number of furan rings is 1. The van der Waals surface area contributed by atoms with Gasteiger partial charge < -0.3 is 19.4 Å². The Kier molecular flexibility index (Phi) is 5.91. The van der Waals surface area contributed by atoms with Gasteiger partial charge in [0.05, 0.1) is 6.26 Å². The average molecular weight is 396 g/mol.